The first-order valence-corrected chi connectivity index (χ1v) is 4.78. The van der Waals surface area contributed by atoms with Crippen LogP contribution in [0.4, 0.5) is 5.82 Å². The number of hydrogen-bond acceptors (Lipinski definition) is 3. The van der Waals surface area contributed by atoms with Crippen LogP contribution in [0.1, 0.15) is 31.8 Å². The number of rotatable bonds is 0. The zero-order chi connectivity index (χ0) is 10.3. The van der Waals surface area contributed by atoms with Gasteiger partial charge in [-0.05, 0) is 11.8 Å². The number of aromatic nitrogens is 2. The fourth-order valence-electron chi connectivity index (χ4n) is 1.96. The van der Waals surface area contributed by atoms with E-state index in [-0.39, 0.29) is 5.41 Å². The molecule has 0 radical (unpaired) electrons. The Morgan fingerprint density at radius 1 is 1.57 bits per heavy atom. The maximum atomic E-state index is 8.94. The topological polar surface area (TPSA) is 67.6 Å². The summed E-state index contributed by atoms with van der Waals surface area (Å²) in [6, 6.07) is 2.12. The van der Waals surface area contributed by atoms with E-state index in [0.29, 0.717) is 11.5 Å². The molecule has 0 aliphatic carbocycles. The summed E-state index contributed by atoms with van der Waals surface area (Å²) in [4.78, 5) is 4.21. The van der Waals surface area contributed by atoms with E-state index in [1.165, 1.54) is 0 Å². The Kier molecular flexibility index (Phi) is 1.78. The van der Waals surface area contributed by atoms with E-state index in [2.05, 4.69) is 24.9 Å². The van der Waals surface area contributed by atoms with Gasteiger partial charge in [0.15, 0.2) is 11.5 Å². The van der Waals surface area contributed by atoms with E-state index in [1.54, 1.807) is 0 Å². The molecule has 0 bridgehead atoms. The van der Waals surface area contributed by atoms with Crippen LogP contribution in [-0.4, -0.2) is 9.55 Å². The molecule has 1 aliphatic heterocycles. The van der Waals surface area contributed by atoms with Crippen LogP contribution in [0.15, 0.2) is 0 Å². The van der Waals surface area contributed by atoms with Crippen molar-refractivity contribution in [3.63, 3.8) is 0 Å². The van der Waals surface area contributed by atoms with Crippen molar-refractivity contribution in [2.24, 2.45) is 5.41 Å². The molecule has 0 saturated carbocycles. The largest absolute Gasteiger partial charge is 0.381 e. The highest BCUT2D eigenvalue weighted by Gasteiger charge is 2.28. The average molecular weight is 190 g/mol. The van der Waals surface area contributed by atoms with Crippen LogP contribution in [0.3, 0.4) is 0 Å². The Morgan fingerprint density at radius 2 is 2.29 bits per heavy atom. The van der Waals surface area contributed by atoms with E-state index in [4.69, 9.17) is 11.0 Å². The lowest BCUT2D eigenvalue weighted by molar-refractivity contribution is 0.246. The third-order valence-corrected chi connectivity index (χ3v) is 2.79. The summed E-state index contributed by atoms with van der Waals surface area (Å²) in [5, 5.41) is 8.94. The maximum Gasteiger partial charge on any atom is 0.164 e. The first-order valence-electron chi connectivity index (χ1n) is 4.78. The molecular formula is C10H14N4. The molecule has 14 heavy (non-hydrogen) atoms. The van der Waals surface area contributed by atoms with Crippen LogP contribution in [-0.2, 0) is 13.0 Å². The third-order valence-electron chi connectivity index (χ3n) is 2.79. The summed E-state index contributed by atoms with van der Waals surface area (Å²) < 4.78 is 1.96. The van der Waals surface area contributed by atoms with Crippen molar-refractivity contribution in [3.8, 4) is 6.07 Å². The van der Waals surface area contributed by atoms with Crippen LogP contribution >= 0.6 is 0 Å². The minimum absolute atomic E-state index is 0.242. The molecule has 0 spiro atoms. The molecule has 2 rings (SSSR count). The van der Waals surface area contributed by atoms with E-state index < -0.39 is 0 Å². The van der Waals surface area contributed by atoms with E-state index in [0.717, 1.165) is 25.2 Å². The van der Waals surface area contributed by atoms with Crippen LogP contribution in [0, 0.1) is 16.7 Å². The minimum Gasteiger partial charge on any atom is -0.381 e. The Balaban J connectivity index is 2.50. The zero-order valence-electron chi connectivity index (χ0n) is 8.54. The fraction of sp³-hybridized carbons (Fsp3) is 0.600. The second kappa shape index (κ2) is 2.74. The van der Waals surface area contributed by atoms with Crippen molar-refractivity contribution in [1.29, 1.82) is 5.26 Å². The van der Waals surface area contributed by atoms with Gasteiger partial charge in [-0.2, -0.15) is 5.26 Å². The van der Waals surface area contributed by atoms with Crippen molar-refractivity contribution in [3.05, 3.63) is 11.5 Å². The summed E-state index contributed by atoms with van der Waals surface area (Å²) in [6.07, 6.45) is 2.02. The Hall–Kier alpha value is -1.50. The van der Waals surface area contributed by atoms with Gasteiger partial charge in [0.05, 0.1) is 0 Å². The highest BCUT2D eigenvalue weighted by atomic mass is 15.1. The van der Waals surface area contributed by atoms with Crippen LogP contribution < -0.4 is 5.73 Å². The third kappa shape index (κ3) is 1.25. The van der Waals surface area contributed by atoms with Gasteiger partial charge in [0.1, 0.15) is 11.9 Å². The Labute approximate surface area is 83.4 Å². The molecule has 0 atom stereocenters. The zero-order valence-corrected chi connectivity index (χ0v) is 8.54. The first kappa shape index (κ1) is 9.07. The molecule has 1 aromatic rings. The second-order valence-corrected chi connectivity index (χ2v) is 4.62. The Morgan fingerprint density at radius 3 is 2.93 bits per heavy atom. The predicted octanol–water partition coefficient (Wildman–Crippen LogP) is 1.31. The maximum absolute atomic E-state index is 8.94. The van der Waals surface area contributed by atoms with Crippen LogP contribution in [0.25, 0.3) is 0 Å². The first-order chi connectivity index (χ1) is 6.53. The van der Waals surface area contributed by atoms with Crippen molar-refractivity contribution in [1.82, 2.24) is 9.55 Å². The Bertz CT molecular complexity index is 408. The van der Waals surface area contributed by atoms with Crippen LogP contribution in [0.5, 0.6) is 0 Å². The van der Waals surface area contributed by atoms with Gasteiger partial charge < -0.3 is 10.3 Å². The van der Waals surface area contributed by atoms with Crippen molar-refractivity contribution >= 4 is 5.82 Å². The molecule has 2 heterocycles. The standard InChI is InChI=1S/C10H14N4/c1-10(2)4-3-8-13-9(12)7(5-11)14(8)6-10/h3-4,6,12H2,1-2H3. The molecule has 0 fully saturated rings. The van der Waals surface area contributed by atoms with Gasteiger partial charge in [0, 0.05) is 13.0 Å². The van der Waals surface area contributed by atoms with Gasteiger partial charge in [0.2, 0.25) is 0 Å². The summed E-state index contributed by atoms with van der Waals surface area (Å²) >= 11 is 0. The number of fused-ring (bicyclic) bond motifs is 1. The summed E-state index contributed by atoms with van der Waals surface area (Å²) in [5.74, 6) is 1.33. The van der Waals surface area contributed by atoms with Gasteiger partial charge >= 0.3 is 0 Å². The summed E-state index contributed by atoms with van der Waals surface area (Å²) in [6.45, 7) is 5.25. The predicted molar refractivity (Wildman–Crippen MR) is 53.5 cm³/mol. The number of aryl methyl sites for hydroxylation is 1. The molecule has 2 N–H and O–H groups in total. The molecule has 0 unspecified atom stereocenters. The molecule has 4 heteroatoms. The number of anilines is 1. The highest BCUT2D eigenvalue weighted by Crippen LogP contribution is 2.32. The molecule has 4 nitrogen and oxygen atoms in total. The van der Waals surface area contributed by atoms with Gasteiger partial charge in [-0.15, -0.1) is 0 Å². The van der Waals surface area contributed by atoms with Gasteiger partial charge in [0.25, 0.3) is 0 Å². The lowest BCUT2D eigenvalue weighted by Crippen LogP contribution is -2.27. The normalized spacial score (nSPS) is 18.6. The number of nitrogens with two attached hydrogens (primary N) is 1. The van der Waals surface area contributed by atoms with Crippen molar-refractivity contribution in [2.75, 3.05) is 5.73 Å². The summed E-state index contributed by atoms with van der Waals surface area (Å²) in [5.41, 5.74) is 6.43. The van der Waals surface area contributed by atoms with E-state index in [1.807, 2.05) is 4.57 Å². The average Bonchev–Trinajstić information content (AvgIpc) is 2.39. The lowest BCUT2D eigenvalue weighted by Gasteiger charge is -2.30. The smallest absolute Gasteiger partial charge is 0.164 e. The number of hydrogen-bond donors (Lipinski definition) is 1. The van der Waals surface area contributed by atoms with Gasteiger partial charge in [-0.3, -0.25) is 0 Å². The monoisotopic (exact) mass is 190 g/mol. The molecule has 0 saturated heterocycles. The van der Waals surface area contributed by atoms with Crippen molar-refractivity contribution in [2.45, 2.75) is 33.2 Å². The molecule has 1 aromatic heterocycles. The number of imidazole rings is 1. The highest BCUT2D eigenvalue weighted by molar-refractivity contribution is 5.46. The second-order valence-electron chi connectivity index (χ2n) is 4.62. The lowest BCUT2D eigenvalue weighted by atomic mass is 9.85. The van der Waals surface area contributed by atoms with Gasteiger partial charge in [-0.25, -0.2) is 4.98 Å². The SMILES string of the molecule is CC1(C)CCc2nc(N)c(C#N)n2C1. The summed E-state index contributed by atoms with van der Waals surface area (Å²) in [7, 11) is 0. The van der Waals surface area contributed by atoms with Crippen molar-refractivity contribution < 1.29 is 0 Å². The number of nitrogen functional groups attached to an aromatic ring is 1. The molecule has 0 amide bonds. The van der Waals surface area contributed by atoms with Gasteiger partial charge in [-0.1, -0.05) is 13.8 Å². The molecule has 74 valence electrons. The molecule has 1 aliphatic rings. The quantitative estimate of drug-likeness (QED) is 0.670. The number of nitriles is 1. The fourth-order valence-corrected chi connectivity index (χ4v) is 1.96. The van der Waals surface area contributed by atoms with Crippen LogP contribution in [0.2, 0.25) is 0 Å². The van der Waals surface area contributed by atoms with E-state index in [9.17, 15) is 0 Å². The number of nitrogens with zero attached hydrogens (tertiary/aromatic N) is 3. The van der Waals surface area contributed by atoms with E-state index >= 15 is 0 Å². The molecule has 0 aromatic carbocycles. The minimum atomic E-state index is 0.242. The molecular weight excluding hydrogens is 176 g/mol.